The molecule has 0 unspecified atom stereocenters. The summed E-state index contributed by atoms with van der Waals surface area (Å²) in [6.45, 7) is 0.623. The molecule has 0 N–H and O–H groups in total. The smallest absolute Gasteiger partial charge is 0.321 e. The Kier molecular flexibility index (Phi) is 8.86. The SMILES string of the molecule is O=C(Oc1ccc(C(=NOCc2ccccc2)OCc2ccccc2)cc1)C1(c2cccc(F)c2)CCCCC1. The van der Waals surface area contributed by atoms with Gasteiger partial charge in [-0.2, -0.15) is 0 Å². The van der Waals surface area contributed by atoms with Crippen molar-refractivity contribution in [1.82, 2.24) is 0 Å². The van der Waals surface area contributed by atoms with Crippen LogP contribution < -0.4 is 4.74 Å². The average Bonchev–Trinajstić information content (AvgIpc) is 3.01. The molecule has 0 heterocycles. The van der Waals surface area contributed by atoms with E-state index in [9.17, 15) is 9.18 Å². The van der Waals surface area contributed by atoms with E-state index in [1.54, 1.807) is 30.3 Å². The number of nitrogens with zero attached hydrogens (tertiary/aromatic N) is 1. The van der Waals surface area contributed by atoms with Crippen LogP contribution in [0.4, 0.5) is 4.39 Å². The fourth-order valence-corrected chi connectivity index (χ4v) is 5.05. The lowest BCUT2D eigenvalue weighted by Crippen LogP contribution is -2.41. The molecular formula is C34H32FNO4. The van der Waals surface area contributed by atoms with Crippen molar-refractivity contribution in [2.45, 2.75) is 50.7 Å². The maximum absolute atomic E-state index is 14.1. The Hall–Kier alpha value is -4.45. The first-order valence-corrected chi connectivity index (χ1v) is 13.6. The summed E-state index contributed by atoms with van der Waals surface area (Å²) >= 11 is 0. The highest BCUT2D eigenvalue weighted by Crippen LogP contribution is 2.41. The molecule has 0 aliphatic heterocycles. The number of oxime groups is 1. The van der Waals surface area contributed by atoms with Gasteiger partial charge in [-0.1, -0.05) is 92.1 Å². The molecule has 0 aromatic heterocycles. The Bertz CT molecular complexity index is 1420. The first kappa shape index (κ1) is 27.1. The van der Waals surface area contributed by atoms with Gasteiger partial charge in [0.05, 0.1) is 5.41 Å². The van der Waals surface area contributed by atoms with Crippen LogP contribution in [0.1, 0.15) is 54.4 Å². The monoisotopic (exact) mass is 537 g/mol. The van der Waals surface area contributed by atoms with Gasteiger partial charge in [0.1, 0.15) is 24.8 Å². The van der Waals surface area contributed by atoms with E-state index in [2.05, 4.69) is 5.16 Å². The van der Waals surface area contributed by atoms with Crippen molar-refractivity contribution in [3.63, 3.8) is 0 Å². The lowest BCUT2D eigenvalue weighted by atomic mass is 9.69. The van der Waals surface area contributed by atoms with Crippen molar-refractivity contribution in [1.29, 1.82) is 0 Å². The zero-order chi connectivity index (χ0) is 27.6. The van der Waals surface area contributed by atoms with Crippen molar-refractivity contribution >= 4 is 11.9 Å². The molecule has 1 aliphatic carbocycles. The lowest BCUT2D eigenvalue weighted by molar-refractivity contribution is -0.142. The second-order valence-corrected chi connectivity index (χ2v) is 10.00. The van der Waals surface area contributed by atoms with Gasteiger partial charge in [-0.25, -0.2) is 4.39 Å². The fourth-order valence-electron chi connectivity index (χ4n) is 5.05. The Morgan fingerprint density at radius 1 is 0.750 bits per heavy atom. The van der Waals surface area contributed by atoms with Gasteiger partial charge >= 0.3 is 5.97 Å². The summed E-state index contributed by atoms with van der Waals surface area (Å²) in [6, 6.07) is 32.9. The van der Waals surface area contributed by atoms with Crippen LogP contribution in [0.3, 0.4) is 0 Å². The fraction of sp³-hybridized carbons (Fsp3) is 0.235. The molecule has 5 nitrogen and oxygen atoms in total. The minimum Gasteiger partial charge on any atom is -0.470 e. The molecule has 0 amide bonds. The van der Waals surface area contributed by atoms with Gasteiger partial charge in [0.15, 0.2) is 0 Å². The van der Waals surface area contributed by atoms with E-state index in [0.29, 0.717) is 48.8 Å². The first-order valence-electron chi connectivity index (χ1n) is 13.6. The minimum absolute atomic E-state index is 0.302. The molecule has 4 aromatic rings. The highest BCUT2D eigenvalue weighted by atomic mass is 19.1. The number of ether oxygens (including phenoxy) is 2. The second-order valence-electron chi connectivity index (χ2n) is 10.00. The van der Waals surface area contributed by atoms with Crippen LogP contribution in [0.2, 0.25) is 0 Å². The number of carbonyl (C=O) groups excluding carboxylic acids is 1. The zero-order valence-electron chi connectivity index (χ0n) is 22.3. The maximum atomic E-state index is 14.1. The van der Waals surface area contributed by atoms with Crippen LogP contribution in [0.15, 0.2) is 114 Å². The second kappa shape index (κ2) is 13.1. The van der Waals surface area contributed by atoms with E-state index in [0.717, 1.165) is 30.4 Å². The van der Waals surface area contributed by atoms with E-state index in [-0.39, 0.29) is 11.8 Å². The number of hydrogen-bond acceptors (Lipinski definition) is 5. The molecule has 0 atom stereocenters. The Labute approximate surface area is 234 Å². The van der Waals surface area contributed by atoms with Crippen molar-refractivity contribution in [3.05, 3.63) is 137 Å². The third-order valence-corrected chi connectivity index (χ3v) is 7.23. The van der Waals surface area contributed by atoms with E-state index in [1.807, 2.05) is 66.7 Å². The van der Waals surface area contributed by atoms with Gasteiger partial charge in [0.25, 0.3) is 5.90 Å². The number of halogens is 1. The van der Waals surface area contributed by atoms with Gasteiger partial charge in [-0.15, -0.1) is 0 Å². The molecule has 204 valence electrons. The maximum Gasteiger partial charge on any atom is 0.321 e. The normalized spacial score (nSPS) is 14.8. The van der Waals surface area contributed by atoms with Gasteiger partial charge in [0.2, 0.25) is 0 Å². The van der Waals surface area contributed by atoms with Crippen molar-refractivity contribution in [2.75, 3.05) is 0 Å². The van der Waals surface area contributed by atoms with Crippen LogP contribution in [-0.2, 0) is 33.0 Å². The largest absolute Gasteiger partial charge is 0.470 e. The van der Waals surface area contributed by atoms with E-state index < -0.39 is 5.41 Å². The summed E-state index contributed by atoms with van der Waals surface area (Å²) in [6.07, 6.45) is 4.11. The molecule has 6 heteroatoms. The van der Waals surface area contributed by atoms with Crippen LogP contribution in [0.25, 0.3) is 0 Å². The van der Waals surface area contributed by atoms with Gasteiger partial charge < -0.3 is 14.3 Å². The molecule has 0 saturated heterocycles. The topological polar surface area (TPSA) is 57.1 Å². The minimum atomic E-state index is -0.851. The standard InChI is InChI=1S/C34H32FNO4/c35-30-16-10-15-29(23-30)34(21-8-3-9-22-34)33(37)40-31-19-17-28(18-20-31)32(38-24-26-11-4-1-5-12-26)36-39-25-27-13-6-2-7-14-27/h1-2,4-7,10-20,23H,3,8-9,21-22,24-25H2. The molecule has 0 bridgehead atoms. The third-order valence-electron chi connectivity index (χ3n) is 7.23. The Balaban J connectivity index is 1.32. The van der Waals surface area contributed by atoms with Gasteiger partial charge in [0, 0.05) is 5.56 Å². The lowest BCUT2D eigenvalue weighted by Gasteiger charge is -2.35. The molecule has 5 rings (SSSR count). The quantitative estimate of drug-likeness (QED) is 0.0721. The van der Waals surface area contributed by atoms with E-state index in [1.165, 1.54) is 12.1 Å². The van der Waals surface area contributed by atoms with Crippen molar-refractivity contribution in [2.24, 2.45) is 5.16 Å². The predicted molar refractivity (Wildman–Crippen MR) is 152 cm³/mol. The van der Waals surface area contributed by atoms with Crippen LogP contribution in [0.5, 0.6) is 5.75 Å². The molecule has 1 aliphatic rings. The Morgan fingerprint density at radius 3 is 2.05 bits per heavy atom. The highest BCUT2D eigenvalue weighted by Gasteiger charge is 2.43. The molecule has 1 fully saturated rings. The summed E-state index contributed by atoms with van der Waals surface area (Å²) in [5.41, 5.74) is 2.50. The van der Waals surface area contributed by atoms with Crippen molar-refractivity contribution < 1.29 is 23.5 Å². The number of rotatable bonds is 9. The number of carbonyl (C=O) groups is 1. The van der Waals surface area contributed by atoms with Crippen LogP contribution in [-0.4, -0.2) is 11.9 Å². The predicted octanol–water partition coefficient (Wildman–Crippen LogP) is 7.73. The van der Waals surface area contributed by atoms with Crippen LogP contribution in [0, 0.1) is 5.82 Å². The van der Waals surface area contributed by atoms with Crippen LogP contribution >= 0.6 is 0 Å². The summed E-state index contributed by atoms with van der Waals surface area (Å²) in [5.74, 6) is 0.0197. The molecular weight excluding hydrogens is 505 g/mol. The number of hydrogen-bond donors (Lipinski definition) is 0. The van der Waals surface area contributed by atoms with Crippen molar-refractivity contribution in [3.8, 4) is 5.75 Å². The van der Waals surface area contributed by atoms with E-state index >= 15 is 0 Å². The summed E-state index contributed by atoms with van der Waals surface area (Å²) in [4.78, 5) is 19.2. The summed E-state index contributed by atoms with van der Waals surface area (Å²) < 4.78 is 26.0. The van der Waals surface area contributed by atoms with E-state index in [4.69, 9.17) is 14.3 Å². The first-order chi connectivity index (χ1) is 19.6. The molecule has 1 saturated carbocycles. The summed E-state index contributed by atoms with van der Waals surface area (Å²) in [5, 5.41) is 4.28. The zero-order valence-corrected chi connectivity index (χ0v) is 22.3. The molecule has 40 heavy (non-hydrogen) atoms. The number of benzene rings is 4. The Morgan fingerprint density at radius 2 is 1.40 bits per heavy atom. The van der Waals surface area contributed by atoms with Gasteiger partial charge in [-0.05, 0) is 71.1 Å². The third kappa shape index (κ3) is 6.75. The average molecular weight is 538 g/mol. The highest BCUT2D eigenvalue weighted by molar-refractivity contribution is 5.94. The van der Waals surface area contributed by atoms with Gasteiger partial charge in [-0.3, -0.25) is 4.79 Å². The summed E-state index contributed by atoms with van der Waals surface area (Å²) in [7, 11) is 0. The molecule has 0 radical (unpaired) electrons. The molecule has 4 aromatic carbocycles. The number of esters is 1. The molecule has 0 spiro atoms.